The van der Waals surface area contributed by atoms with Crippen molar-refractivity contribution < 1.29 is 18.5 Å². The Kier molecular flexibility index (Phi) is 4.35. The highest BCUT2D eigenvalue weighted by atomic mass is 16.5. The molecule has 2 aliphatic rings. The Labute approximate surface area is 146 Å². The van der Waals surface area contributed by atoms with Crippen LogP contribution in [0, 0.1) is 12.8 Å². The van der Waals surface area contributed by atoms with Crippen LogP contribution in [-0.4, -0.2) is 59.8 Å². The monoisotopic (exact) mass is 345 g/mol. The fourth-order valence-corrected chi connectivity index (χ4v) is 4.15. The van der Waals surface area contributed by atoms with Gasteiger partial charge in [0, 0.05) is 38.7 Å². The second kappa shape index (κ2) is 6.65. The molecule has 0 bridgehead atoms. The number of furan rings is 1. The molecule has 2 fully saturated rings. The third-order valence-electron chi connectivity index (χ3n) is 5.31. The van der Waals surface area contributed by atoms with Crippen molar-refractivity contribution in [3.05, 3.63) is 41.7 Å². The number of carbonyl (C=O) groups is 1. The summed E-state index contributed by atoms with van der Waals surface area (Å²) < 4.78 is 16.3. The zero-order valence-electron chi connectivity index (χ0n) is 14.6. The molecule has 7 heteroatoms. The van der Waals surface area contributed by atoms with E-state index < -0.39 is 0 Å². The molecular formula is C18H23N3O4. The molecule has 0 radical (unpaired) electrons. The molecule has 0 unspecified atom stereocenters. The van der Waals surface area contributed by atoms with Gasteiger partial charge >= 0.3 is 0 Å². The van der Waals surface area contributed by atoms with Crippen molar-refractivity contribution in [2.24, 2.45) is 5.92 Å². The molecule has 3 atom stereocenters. The van der Waals surface area contributed by atoms with Gasteiger partial charge in [-0.1, -0.05) is 5.16 Å². The number of likely N-dealkylation sites (tertiary alicyclic amines) is 2. The van der Waals surface area contributed by atoms with Crippen LogP contribution in [0.3, 0.4) is 0 Å². The lowest BCUT2D eigenvalue weighted by molar-refractivity contribution is -0.0160. The van der Waals surface area contributed by atoms with Crippen molar-refractivity contribution in [3.63, 3.8) is 0 Å². The summed E-state index contributed by atoms with van der Waals surface area (Å²) in [5, 5.41) is 3.90. The third-order valence-corrected chi connectivity index (χ3v) is 5.31. The van der Waals surface area contributed by atoms with E-state index in [0.29, 0.717) is 23.9 Å². The topological polar surface area (TPSA) is 72.0 Å². The van der Waals surface area contributed by atoms with Gasteiger partial charge in [-0.3, -0.25) is 9.69 Å². The minimum atomic E-state index is -0.0544. The van der Waals surface area contributed by atoms with E-state index in [4.69, 9.17) is 13.7 Å². The third kappa shape index (κ3) is 3.09. The van der Waals surface area contributed by atoms with E-state index in [2.05, 4.69) is 10.1 Å². The molecule has 134 valence electrons. The second-order valence-electron chi connectivity index (χ2n) is 6.89. The maximum absolute atomic E-state index is 12.9. The number of fused-ring (bicyclic) bond motifs is 1. The van der Waals surface area contributed by atoms with Crippen LogP contribution in [0.5, 0.6) is 0 Å². The van der Waals surface area contributed by atoms with E-state index in [1.807, 2.05) is 17.0 Å². The second-order valence-corrected chi connectivity index (χ2v) is 6.89. The number of piperidine rings is 1. The number of rotatable bonds is 4. The minimum absolute atomic E-state index is 0.0544. The molecular weight excluding hydrogens is 322 g/mol. The Morgan fingerprint density at radius 1 is 1.44 bits per heavy atom. The predicted molar refractivity (Wildman–Crippen MR) is 89.0 cm³/mol. The summed E-state index contributed by atoms with van der Waals surface area (Å²) in [4.78, 5) is 17.2. The lowest BCUT2D eigenvalue weighted by Gasteiger charge is -2.40. The molecule has 0 N–H and O–H groups in total. The molecule has 0 spiro atoms. The number of aromatic nitrogens is 1. The van der Waals surface area contributed by atoms with Crippen LogP contribution in [0.2, 0.25) is 0 Å². The molecule has 0 saturated carbocycles. The van der Waals surface area contributed by atoms with Crippen molar-refractivity contribution in [1.82, 2.24) is 15.0 Å². The predicted octanol–water partition coefficient (Wildman–Crippen LogP) is 1.94. The van der Waals surface area contributed by atoms with Crippen LogP contribution >= 0.6 is 0 Å². The molecule has 2 saturated heterocycles. The van der Waals surface area contributed by atoms with Crippen molar-refractivity contribution in [1.29, 1.82) is 0 Å². The molecule has 4 heterocycles. The summed E-state index contributed by atoms with van der Waals surface area (Å²) in [5.41, 5.74) is 0.386. The zero-order chi connectivity index (χ0) is 17.4. The zero-order valence-corrected chi connectivity index (χ0v) is 14.6. The van der Waals surface area contributed by atoms with Crippen molar-refractivity contribution in [3.8, 4) is 0 Å². The maximum atomic E-state index is 12.9. The molecule has 2 aliphatic heterocycles. The number of amides is 1. The Balaban J connectivity index is 1.53. The van der Waals surface area contributed by atoms with Crippen LogP contribution in [0.4, 0.5) is 0 Å². The van der Waals surface area contributed by atoms with Crippen LogP contribution in [0.1, 0.15) is 28.4 Å². The first-order valence-corrected chi connectivity index (χ1v) is 8.67. The van der Waals surface area contributed by atoms with Gasteiger partial charge in [0.25, 0.3) is 5.91 Å². The fraction of sp³-hybridized carbons (Fsp3) is 0.556. The first-order valence-electron chi connectivity index (χ1n) is 8.67. The summed E-state index contributed by atoms with van der Waals surface area (Å²) in [7, 11) is 1.76. The quantitative estimate of drug-likeness (QED) is 0.843. The fourth-order valence-electron chi connectivity index (χ4n) is 4.15. The smallest absolute Gasteiger partial charge is 0.276 e. The van der Waals surface area contributed by atoms with Crippen LogP contribution in [-0.2, 0) is 11.3 Å². The first-order chi connectivity index (χ1) is 12.2. The van der Waals surface area contributed by atoms with Gasteiger partial charge in [-0.15, -0.1) is 0 Å². The van der Waals surface area contributed by atoms with Crippen LogP contribution < -0.4 is 0 Å². The standard InChI is InChI=1S/C18H23N3O4/c1-12-8-15(19-25-12)18(22)21-6-5-17(23-2)14-10-20(11-16(14)21)9-13-4-3-7-24-13/h3-4,7-8,14,16-17H,5-6,9-11H2,1-2H3/t14-,16+,17+/m0/s1. The summed E-state index contributed by atoms with van der Waals surface area (Å²) >= 11 is 0. The Morgan fingerprint density at radius 2 is 2.32 bits per heavy atom. The number of hydrogen-bond donors (Lipinski definition) is 0. The largest absolute Gasteiger partial charge is 0.468 e. The molecule has 4 rings (SSSR count). The van der Waals surface area contributed by atoms with Gasteiger partial charge in [0.15, 0.2) is 5.69 Å². The minimum Gasteiger partial charge on any atom is -0.468 e. The van der Waals surface area contributed by atoms with Crippen LogP contribution in [0.25, 0.3) is 0 Å². The Bertz CT molecular complexity index is 727. The van der Waals surface area contributed by atoms with Gasteiger partial charge in [-0.2, -0.15) is 0 Å². The summed E-state index contributed by atoms with van der Waals surface area (Å²) in [6.45, 7) is 4.93. The van der Waals surface area contributed by atoms with Crippen molar-refractivity contribution in [2.75, 3.05) is 26.7 Å². The number of nitrogens with zero attached hydrogens (tertiary/aromatic N) is 3. The van der Waals surface area contributed by atoms with Crippen molar-refractivity contribution in [2.45, 2.75) is 32.0 Å². The highest BCUT2D eigenvalue weighted by Crippen LogP contribution is 2.34. The van der Waals surface area contributed by atoms with E-state index in [1.54, 1.807) is 26.4 Å². The average molecular weight is 345 g/mol. The van der Waals surface area contributed by atoms with Crippen molar-refractivity contribution >= 4 is 5.91 Å². The number of hydrogen-bond acceptors (Lipinski definition) is 6. The van der Waals surface area contributed by atoms with Crippen LogP contribution in [0.15, 0.2) is 33.4 Å². The number of ether oxygens (including phenoxy) is 1. The highest BCUT2D eigenvalue weighted by molar-refractivity contribution is 5.92. The molecule has 2 aromatic rings. The van der Waals surface area contributed by atoms with Gasteiger partial charge in [-0.05, 0) is 25.5 Å². The number of aryl methyl sites for hydroxylation is 1. The van der Waals surface area contributed by atoms with Gasteiger partial charge in [0.05, 0.1) is 25.0 Å². The van der Waals surface area contributed by atoms with E-state index >= 15 is 0 Å². The van der Waals surface area contributed by atoms with E-state index in [0.717, 1.165) is 31.8 Å². The van der Waals surface area contributed by atoms with Gasteiger partial charge in [-0.25, -0.2) is 0 Å². The SMILES string of the molecule is CO[C@@H]1CCN(C(=O)c2cc(C)on2)[C@@H]2CN(Cc3ccco3)C[C@@H]21. The normalized spacial score (nSPS) is 26.8. The lowest BCUT2D eigenvalue weighted by Crippen LogP contribution is -2.53. The van der Waals surface area contributed by atoms with E-state index in [1.165, 1.54) is 0 Å². The average Bonchev–Trinajstić information content (AvgIpc) is 3.34. The molecule has 1 amide bonds. The summed E-state index contributed by atoms with van der Waals surface area (Å²) in [5.74, 6) is 1.84. The number of methoxy groups -OCH3 is 1. The molecule has 0 aliphatic carbocycles. The van der Waals surface area contributed by atoms with Gasteiger partial charge in [0.1, 0.15) is 11.5 Å². The molecule has 25 heavy (non-hydrogen) atoms. The first kappa shape index (κ1) is 16.4. The Hall–Kier alpha value is -2.12. The van der Waals surface area contributed by atoms with E-state index in [-0.39, 0.29) is 18.1 Å². The lowest BCUT2D eigenvalue weighted by atomic mass is 9.89. The van der Waals surface area contributed by atoms with Gasteiger partial charge < -0.3 is 18.6 Å². The summed E-state index contributed by atoms with van der Waals surface area (Å²) in [6.07, 6.45) is 2.71. The molecule has 2 aromatic heterocycles. The Morgan fingerprint density at radius 3 is 3.00 bits per heavy atom. The molecule has 0 aromatic carbocycles. The summed E-state index contributed by atoms with van der Waals surface area (Å²) in [6, 6.07) is 5.71. The highest BCUT2D eigenvalue weighted by Gasteiger charge is 2.46. The molecule has 7 nitrogen and oxygen atoms in total. The van der Waals surface area contributed by atoms with Gasteiger partial charge in [0.2, 0.25) is 0 Å². The van der Waals surface area contributed by atoms with E-state index in [9.17, 15) is 4.79 Å². The number of carbonyl (C=O) groups excluding carboxylic acids is 1. The maximum Gasteiger partial charge on any atom is 0.276 e.